The molecule has 1 aromatic rings. The van der Waals surface area contributed by atoms with Crippen molar-refractivity contribution < 1.29 is 36.8 Å². The van der Waals surface area contributed by atoms with E-state index in [9.17, 15) is 27.4 Å². The van der Waals surface area contributed by atoms with Crippen LogP contribution in [0.4, 0.5) is 5.69 Å². The Morgan fingerprint density at radius 3 is 2.29 bits per heavy atom. The van der Waals surface area contributed by atoms with Gasteiger partial charge in [0.2, 0.25) is 11.8 Å². The average Bonchev–Trinajstić information content (AvgIpc) is 2.85. The molecule has 1 aliphatic rings. The number of imide groups is 1. The molecule has 0 N–H and O–H groups in total. The zero-order valence-electron chi connectivity index (χ0n) is 15.8. The van der Waals surface area contributed by atoms with E-state index in [-0.39, 0.29) is 18.9 Å². The maximum absolute atomic E-state index is 12.9. The number of esters is 1. The summed E-state index contributed by atoms with van der Waals surface area (Å²) in [6.45, 7) is 3.55. The molecule has 1 fully saturated rings. The third-order valence-electron chi connectivity index (χ3n) is 4.75. The number of anilines is 1. The van der Waals surface area contributed by atoms with Crippen molar-refractivity contribution in [1.82, 2.24) is 0 Å². The zero-order chi connectivity index (χ0) is 21.1. The van der Waals surface area contributed by atoms with E-state index in [0.29, 0.717) is 6.42 Å². The lowest BCUT2D eigenvalue weighted by Crippen LogP contribution is -2.35. The lowest BCUT2D eigenvalue weighted by Gasteiger charge is -2.21. The second-order valence-electron chi connectivity index (χ2n) is 6.45. The summed E-state index contributed by atoms with van der Waals surface area (Å²) in [6, 6.07) is 4.50. The highest BCUT2D eigenvalue weighted by Gasteiger charge is 2.51. The van der Waals surface area contributed by atoms with Crippen molar-refractivity contribution >= 4 is 33.6 Å². The monoisotopic (exact) mass is 412 g/mol. The third-order valence-corrected chi connectivity index (χ3v) is 5.60. The number of carbonyl (C=O) groups excluding carboxylic acids is 3. The molecule has 0 spiro atoms. The maximum atomic E-state index is 12.9. The average molecular weight is 412 g/mol. The summed E-state index contributed by atoms with van der Waals surface area (Å²) >= 11 is 0. The number of nitrogens with zero attached hydrogens (tertiary/aromatic N) is 1. The second kappa shape index (κ2) is 8.80. The Labute approximate surface area is 163 Å². The maximum Gasteiger partial charge on any atom is 0.309 e. The van der Waals surface area contributed by atoms with E-state index in [2.05, 4.69) is 0 Å². The standard InChI is InChI=1S/C18H23NO8S/c1-4-14(18(22)27-10-9-26-3)15-11(2)16(20)19(17(15)21)12-5-7-13(8-6-12)28(23,24)25/h5-8,11,14-15H,4,9-10H2,1-3H3,(H,23,24,25)/p-1. The number of rotatable bonds is 8. The minimum Gasteiger partial charge on any atom is -0.744 e. The van der Waals surface area contributed by atoms with Gasteiger partial charge < -0.3 is 14.0 Å². The molecule has 2 rings (SSSR count). The van der Waals surface area contributed by atoms with Crippen LogP contribution in [0.2, 0.25) is 0 Å². The first kappa shape index (κ1) is 22.0. The quantitative estimate of drug-likeness (QED) is 0.267. The van der Waals surface area contributed by atoms with Crippen LogP contribution in [0, 0.1) is 17.8 Å². The molecule has 28 heavy (non-hydrogen) atoms. The highest BCUT2D eigenvalue weighted by atomic mass is 32.2. The summed E-state index contributed by atoms with van der Waals surface area (Å²) < 4.78 is 43.1. The van der Waals surface area contributed by atoms with E-state index in [1.165, 1.54) is 19.2 Å². The zero-order valence-corrected chi connectivity index (χ0v) is 16.6. The molecule has 0 aromatic heterocycles. The SMILES string of the molecule is CCC(C(=O)OCCOC)C1C(=O)N(c2ccc(S(=O)(=O)[O-])cc2)C(=O)C1C. The number of amides is 2. The van der Waals surface area contributed by atoms with Crippen molar-refractivity contribution in [2.75, 3.05) is 25.2 Å². The molecule has 0 saturated carbocycles. The number of carbonyl (C=O) groups is 3. The summed E-state index contributed by atoms with van der Waals surface area (Å²) in [5.74, 6) is -4.09. The van der Waals surface area contributed by atoms with Gasteiger partial charge in [0.05, 0.1) is 29.0 Å². The van der Waals surface area contributed by atoms with Crippen LogP contribution in [0.3, 0.4) is 0 Å². The van der Waals surface area contributed by atoms with E-state index in [1.54, 1.807) is 13.8 Å². The van der Waals surface area contributed by atoms with Crippen LogP contribution >= 0.6 is 0 Å². The number of hydrogen-bond acceptors (Lipinski definition) is 8. The Morgan fingerprint density at radius 1 is 1.18 bits per heavy atom. The Balaban J connectivity index is 2.27. The second-order valence-corrected chi connectivity index (χ2v) is 7.83. The van der Waals surface area contributed by atoms with Crippen molar-refractivity contribution in [2.24, 2.45) is 17.8 Å². The molecular weight excluding hydrogens is 390 g/mol. The van der Waals surface area contributed by atoms with Crippen LogP contribution < -0.4 is 4.90 Å². The van der Waals surface area contributed by atoms with Crippen molar-refractivity contribution in [1.29, 1.82) is 0 Å². The molecule has 0 aliphatic carbocycles. The first-order chi connectivity index (χ1) is 13.1. The van der Waals surface area contributed by atoms with Crippen LogP contribution in [0.25, 0.3) is 0 Å². The molecular formula is C18H22NO8S-. The predicted molar refractivity (Wildman–Crippen MR) is 96.2 cm³/mol. The summed E-state index contributed by atoms with van der Waals surface area (Å²) in [6.07, 6.45) is 0.307. The summed E-state index contributed by atoms with van der Waals surface area (Å²) in [7, 11) is -3.18. The highest BCUT2D eigenvalue weighted by molar-refractivity contribution is 7.85. The Hall–Kier alpha value is -2.30. The van der Waals surface area contributed by atoms with Gasteiger partial charge in [-0.25, -0.2) is 8.42 Å². The minimum atomic E-state index is -4.64. The van der Waals surface area contributed by atoms with Crippen LogP contribution in [0.15, 0.2) is 29.2 Å². The largest absolute Gasteiger partial charge is 0.744 e. The molecule has 1 aromatic carbocycles. The number of benzene rings is 1. The van der Waals surface area contributed by atoms with Gasteiger partial charge in [-0.15, -0.1) is 0 Å². The predicted octanol–water partition coefficient (Wildman–Crippen LogP) is 0.932. The Kier molecular flexibility index (Phi) is 6.91. The van der Waals surface area contributed by atoms with Gasteiger partial charge in [0.1, 0.15) is 16.7 Å². The molecule has 2 amide bonds. The van der Waals surface area contributed by atoms with E-state index in [4.69, 9.17) is 9.47 Å². The van der Waals surface area contributed by atoms with E-state index in [0.717, 1.165) is 17.0 Å². The lowest BCUT2D eigenvalue weighted by molar-refractivity contribution is -0.154. The molecule has 154 valence electrons. The Morgan fingerprint density at radius 2 is 1.79 bits per heavy atom. The van der Waals surface area contributed by atoms with Gasteiger partial charge in [0.25, 0.3) is 0 Å². The molecule has 10 heteroatoms. The van der Waals surface area contributed by atoms with Crippen molar-refractivity contribution in [3.63, 3.8) is 0 Å². The fourth-order valence-electron chi connectivity index (χ4n) is 3.27. The van der Waals surface area contributed by atoms with E-state index in [1.807, 2.05) is 0 Å². The third kappa shape index (κ3) is 4.40. The van der Waals surface area contributed by atoms with Crippen molar-refractivity contribution in [3.05, 3.63) is 24.3 Å². The smallest absolute Gasteiger partial charge is 0.309 e. The minimum absolute atomic E-state index is 0.0456. The fourth-order valence-corrected chi connectivity index (χ4v) is 3.73. The topological polar surface area (TPSA) is 130 Å². The van der Waals surface area contributed by atoms with Gasteiger partial charge in [-0.05, 0) is 30.7 Å². The van der Waals surface area contributed by atoms with Gasteiger partial charge in [0, 0.05) is 13.0 Å². The number of methoxy groups -OCH3 is 1. The normalized spacial score (nSPS) is 21.1. The van der Waals surface area contributed by atoms with Gasteiger partial charge >= 0.3 is 5.97 Å². The van der Waals surface area contributed by atoms with Gasteiger partial charge in [-0.2, -0.15) is 0 Å². The first-order valence-electron chi connectivity index (χ1n) is 8.72. The van der Waals surface area contributed by atoms with E-state index < -0.39 is 50.6 Å². The molecule has 0 radical (unpaired) electrons. The molecule has 0 bridgehead atoms. The van der Waals surface area contributed by atoms with Crippen LogP contribution in [0.1, 0.15) is 20.3 Å². The van der Waals surface area contributed by atoms with Gasteiger partial charge in [-0.1, -0.05) is 13.8 Å². The van der Waals surface area contributed by atoms with E-state index >= 15 is 0 Å². The highest BCUT2D eigenvalue weighted by Crippen LogP contribution is 2.37. The van der Waals surface area contributed by atoms with Crippen molar-refractivity contribution in [2.45, 2.75) is 25.2 Å². The molecule has 1 heterocycles. The van der Waals surface area contributed by atoms with Crippen LogP contribution in [-0.2, 0) is 34.0 Å². The molecule has 3 atom stereocenters. The Bertz CT molecular complexity index is 849. The summed E-state index contributed by atoms with van der Waals surface area (Å²) in [4.78, 5) is 38.4. The summed E-state index contributed by atoms with van der Waals surface area (Å²) in [5, 5.41) is 0. The fraction of sp³-hybridized carbons (Fsp3) is 0.500. The van der Waals surface area contributed by atoms with Crippen molar-refractivity contribution in [3.8, 4) is 0 Å². The first-order valence-corrected chi connectivity index (χ1v) is 10.1. The number of ether oxygens (including phenoxy) is 2. The van der Waals surface area contributed by atoms with Gasteiger partial charge in [-0.3, -0.25) is 19.3 Å². The van der Waals surface area contributed by atoms with Crippen LogP contribution in [0.5, 0.6) is 0 Å². The molecule has 3 unspecified atom stereocenters. The summed E-state index contributed by atoms with van der Waals surface area (Å²) in [5.41, 5.74) is 0.138. The molecule has 1 saturated heterocycles. The number of hydrogen-bond donors (Lipinski definition) is 0. The lowest BCUT2D eigenvalue weighted by atomic mass is 9.82. The molecule has 9 nitrogen and oxygen atoms in total. The van der Waals surface area contributed by atoms with Gasteiger partial charge in [0.15, 0.2) is 0 Å². The molecule has 1 aliphatic heterocycles. The van der Waals surface area contributed by atoms with Crippen LogP contribution in [-0.4, -0.2) is 51.1 Å².